The topological polar surface area (TPSA) is 95.3 Å². The number of hydrogen-bond acceptors (Lipinski definition) is 9. The largest absolute Gasteiger partial charge is 0.497 e. The van der Waals surface area contributed by atoms with Crippen LogP contribution in [0, 0.1) is 0 Å². The number of carbonyl (C=O) groups is 1. The Balaban J connectivity index is 1.54. The molecule has 0 bridgehead atoms. The van der Waals surface area contributed by atoms with Crippen molar-refractivity contribution in [3.8, 4) is 17.2 Å². The Morgan fingerprint density at radius 2 is 2.03 bits per heavy atom. The summed E-state index contributed by atoms with van der Waals surface area (Å²) in [5.74, 6) is 1.33. The number of hydrogen-bond donors (Lipinski definition) is 0. The van der Waals surface area contributed by atoms with Crippen molar-refractivity contribution in [2.75, 3.05) is 31.4 Å². The summed E-state index contributed by atoms with van der Waals surface area (Å²) in [6, 6.07) is 13.2. The predicted octanol–water partition coefficient (Wildman–Crippen LogP) is 3.43. The number of benzene rings is 2. The Labute approximate surface area is 187 Å². The molecule has 2 aromatic heterocycles. The molecule has 1 amide bonds. The van der Waals surface area contributed by atoms with Crippen LogP contribution in [0.25, 0.3) is 15.9 Å². The van der Waals surface area contributed by atoms with Crippen molar-refractivity contribution in [1.82, 2.24) is 25.2 Å². The molecule has 0 aliphatic heterocycles. The minimum atomic E-state index is -0.0706. The van der Waals surface area contributed by atoms with Crippen molar-refractivity contribution in [2.45, 2.75) is 12.1 Å². The van der Waals surface area contributed by atoms with Gasteiger partial charge in [0.25, 0.3) is 0 Å². The lowest BCUT2D eigenvalue weighted by molar-refractivity contribution is -0.116. The Hall–Kier alpha value is -3.18. The number of fused-ring (bicyclic) bond motifs is 1. The molecule has 160 valence electrons. The molecule has 0 aliphatic carbocycles. The van der Waals surface area contributed by atoms with Crippen LogP contribution in [0.1, 0.15) is 6.92 Å². The van der Waals surface area contributed by atoms with Gasteiger partial charge in [0.15, 0.2) is 5.13 Å². The van der Waals surface area contributed by atoms with Gasteiger partial charge in [-0.2, -0.15) is 4.68 Å². The van der Waals surface area contributed by atoms with Gasteiger partial charge < -0.3 is 9.47 Å². The zero-order chi connectivity index (χ0) is 21.8. The number of nitrogens with zero attached hydrogens (tertiary/aromatic N) is 6. The van der Waals surface area contributed by atoms with E-state index >= 15 is 0 Å². The molecule has 4 aromatic rings. The summed E-state index contributed by atoms with van der Waals surface area (Å²) < 4.78 is 13.3. The summed E-state index contributed by atoms with van der Waals surface area (Å²) in [4.78, 5) is 19.2. The van der Waals surface area contributed by atoms with Gasteiger partial charge in [-0.3, -0.25) is 9.69 Å². The fourth-order valence-electron chi connectivity index (χ4n) is 2.98. The molecule has 11 heteroatoms. The Morgan fingerprint density at radius 1 is 1.19 bits per heavy atom. The highest BCUT2D eigenvalue weighted by atomic mass is 32.2. The molecule has 0 aliphatic rings. The Bertz CT molecular complexity index is 1180. The molecule has 0 saturated heterocycles. The van der Waals surface area contributed by atoms with Crippen LogP contribution in [-0.4, -0.2) is 57.6 Å². The van der Waals surface area contributed by atoms with Gasteiger partial charge in [0.2, 0.25) is 11.1 Å². The van der Waals surface area contributed by atoms with Crippen molar-refractivity contribution < 1.29 is 14.3 Å². The second-order valence-corrected chi connectivity index (χ2v) is 8.25. The molecule has 2 heterocycles. The maximum atomic E-state index is 13.0. The van der Waals surface area contributed by atoms with Gasteiger partial charge in [0.05, 0.1) is 30.2 Å². The van der Waals surface area contributed by atoms with E-state index in [1.165, 1.54) is 27.8 Å². The van der Waals surface area contributed by atoms with Crippen LogP contribution >= 0.6 is 23.1 Å². The van der Waals surface area contributed by atoms with Gasteiger partial charge in [0, 0.05) is 12.6 Å². The minimum Gasteiger partial charge on any atom is -0.497 e. The van der Waals surface area contributed by atoms with Gasteiger partial charge in [-0.1, -0.05) is 35.2 Å². The van der Waals surface area contributed by atoms with Gasteiger partial charge in [-0.25, -0.2) is 4.98 Å². The van der Waals surface area contributed by atoms with E-state index in [2.05, 4.69) is 20.5 Å². The van der Waals surface area contributed by atoms with Crippen LogP contribution in [0.2, 0.25) is 0 Å². The quantitative estimate of drug-likeness (QED) is 0.372. The van der Waals surface area contributed by atoms with Gasteiger partial charge >= 0.3 is 0 Å². The number of carbonyl (C=O) groups excluding carboxylic acids is 1. The molecule has 2 aromatic carbocycles. The summed E-state index contributed by atoms with van der Waals surface area (Å²) in [5.41, 5.74) is 1.51. The molecule has 0 atom stereocenters. The SMILES string of the molecule is CCN(C(=O)CSc1nnnn1-c1cc(OC)ccc1OC)c1nc2ccccc2s1. The number of para-hydroxylation sites is 1. The first-order chi connectivity index (χ1) is 15.1. The lowest BCUT2D eigenvalue weighted by Crippen LogP contribution is -2.32. The summed E-state index contributed by atoms with van der Waals surface area (Å²) >= 11 is 2.75. The van der Waals surface area contributed by atoms with Gasteiger partial charge in [-0.05, 0) is 41.6 Å². The second kappa shape index (κ2) is 9.31. The molecule has 0 radical (unpaired) electrons. The average molecular weight is 457 g/mol. The van der Waals surface area contributed by atoms with Gasteiger partial charge in [0.1, 0.15) is 17.2 Å². The molecule has 0 N–H and O–H groups in total. The highest BCUT2D eigenvalue weighted by Gasteiger charge is 2.21. The van der Waals surface area contributed by atoms with Crippen molar-refractivity contribution in [3.63, 3.8) is 0 Å². The molecule has 0 spiro atoms. The van der Waals surface area contributed by atoms with E-state index in [-0.39, 0.29) is 11.7 Å². The number of rotatable bonds is 8. The number of anilines is 1. The van der Waals surface area contributed by atoms with Crippen molar-refractivity contribution >= 4 is 44.4 Å². The van der Waals surface area contributed by atoms with Crippen LogP contribution in [0.3, 0.4) is 0 Å². The van der Waals surface area contributed by atoms with Gasteiger partial charge in [-0.15, -0.1) is 5.10 Å². The van der Waals surface area contributed by atoms with E-state index in [1.54, 1.807) is 37.3 Å². The molecule has 31 heavy (non-hydrogen) atoms. The summed E-state index contributed by atoms with van der Waals surface area (Å²) in [6.45, 7) is 2.45. The number of thioether (sulfide) groups is 1. The van der Waals surface area contributed by atoms with Crippen LogP contribution in [0.4, 0.5) is 5.13 Å². The van der Waals surface area contributed by atoms with Crippen LogP contribution in [0.15, 0.2) is 47.6 Å². The number of thiazole rings is 1. The smallest absolute Gasteiger partial charge is 0.239 e. The molecular weight excluding hydrogens is 436 g/mol. The van der Waals surface area contributed by atoms with Crippen molar-refractivity contribution in [2.24, 2.45) is 0 Å². The Morgan fingerprint density at radius 3 is 2.77 bits per heavy atom. The molecule has 0 unspecified atom stereocenters. The number of ether oxygens (including phenoxy) is 2. The maximum Gasteiger partial charge on any atom is 0.239 e. The van der Waals surface area contributed by atoms with E-state index in [1.807, 2.05) is 31.2 Å². The first-order valence-electron chi connectivity index (χ1n) is 9.44. The van der Waals surface area contributed by atoms with E-state index in [0.29, 0.717) is 34.0 Å². The fraction of sp³-hybridized carbons (Fsp3) is 0.250. The highest BCUT2D eigenvalue weighted by Crippen LogP contribution is 2.31. The predicted molar refractivity (Wildman–Crippen MR) is 121 cm³/mol. The van der Waals surface area contributed by atoms with Crippen molar-refractivity contribution in [1.29, 1.82) is 0 Å². The molecule has 0 saturated carbocycles. The molecule has 0 fully saturated rings. The maximum absolute atomic E-state index is 13.0. The zero-order valence-electron chi connectivity index (χ0n) is 17.2. The van der Waals surface area contributed by atoms with Crippen molar-refractivity contribution in [3.05, 3.63) is 42.5 Å². The fourth-order valence-corrected chi connectivity index (χ4v) is 4.79. The van der Waals surface area contributed by atoms with Crippen LogP contribution < -0.4 is 14.4 Å². The highest BCUT2D eigenvalue weighted by molar-refractivity contribution is 7.99. The third-order valence-electron chi connectivity index (χ3n) is 4.51. The lowest BCUT2D eigenvalue weighted by Gasteiger charge is -2.17. The number of tetrazole rings is 1. The van der Waals surface area contributed by atoms with E-state index < -0.39 is 0 Å². The second-order valence-electron chi connectivity index (χ2n) is 6.30. The van der Waals surface area contributed by atoms with E-state index in [4.69, 9.17) is 9.47 Å². The summed E-state index contributed by atoms with van der Waals surface area (Å²) in [6.07, 6.45) is 0. The van der Waals surface area contributed by atoms with E-state index in [0.717, 1.165) is 10.2 Å². The molecule has 9 nitrogen and oxygen atoms in total. The monoisotopic (exact) mass is 456 g/mol. The number of methoxy groups -OCH3 is 2. The first-order valence-corrected chi connectivity index (χ1v) is 11.2. The standard InChI is InChI=1S/C20H20N6O3S2/c1-4-25(19-21-14-7-5-6-8-17(14)31-19)18(27)12-30-20-22-23-24-26(20)15-11-13(28-2)9-10-16(15)29-3/h5-11H,4,12H2,1-3H3. The third kappa shape index (κ3) is 4.32. The average Bonchev–Trinajstić information content (AvgIpc) is 3.44. The zero-order valence-corrected chi connectivity index (χ0v) is 18.8. The normalized spacial score (nSPS) is 10.9. The van der Waals surface area contributed by atoms with Crippen LogP contribution in [-0.2, 0) is 4.79 Å². The molecular formula is C20H20N6O3S2. The molecule has 4 rings (SSSR count). The Kier molecular flexibility index (Phi) is 6.33. The number of amides is 1. The van der Waals surface area contributed by atoms with E-state index in [9.17, 15) is 4.79 Å². The lowest BCUT2D eigenvalue weighted by atomic mass is 10.3. The summed E-state index contributed by atoms with van der Waals surface area (Å²) in [7, 11) is 3.16. The minimum absolute atomic E-state index is 0.0706. The van der Waals surface area contributed by atoms with Crippen LogP contribution in [0.5, 0.6) is 11.5 Å². The third-order valence-corrected chi connectivity index (χ3v) is 6.47. The first kappa shape index (κ1) is 21.1. The number of aromatic nitrogens is 5. The summed E-state index contributed by atoms with van der Waals surface area (Å²) in [5, 5.41) is 13.1.